The van der Waals surface area contributed by atoms with Crippen LogP contribution in [0.3, 0.4) is 0 Å². The highest BCUT2D eigenvalue weighted by Gasteiger charge is 2.07. The van der Waals surface area contributed by atoms with Gasteiger partial charge in [0, 0.05) is 16.1 Å². The third kappa shape index (κ3) is 3.87. The number of rotatable bonds is 3. The van der Waals surface area contributed by atoms with Crippen molar-refractivity contribution in [2.24, 2.45) is 5.10 Å². The van der Waals surface area contributed by atoms with Crippen LogP contribution in [-0.2, 0) is 0 Å². The first kappa shape index (κ1) is 15.2. The first-order valence-electron chi connectivity index (χ1n) is 5.78. The molecular formula is C14H10Cl2N2O3. The molecule has 0 unspecified atom stereocenters. The van der Waals surface area contributed by atoms with E-state index in [-0.39, 0.29) is 27.6 Å². The average molecular weight is 325 g/mol. The minimum atomic E-state index is -0.505. The van der Waals surface area contributed by atoms with Crippen molar-refractivity contribution >= 4 is 35.3 Å². The molecular weight excluding hydrogens is 315 g/mol. The Morgan fingerprint density at radius 1 is 1.19 bits per heavy atom. The standard InChI is InChI=1S/C14H10Cl2N2O3/c15-10-4-9(13(20)12(16)6-10)7-17-18-14(21)8-2-1-3-11(19)5-8/h1-7,19-20H,(H,18,21)/b17-7+. The number of hydrazone groups is 1. The quantitative estimate of drug-likeness (QED) is 0.599. The zero-order chi connectivity index (χ0) is 15.4. The molecule has 0 heterocycles. The molecule has 0 fully saturated rings. The molecule has 0 aliphatic heterocycles. The predicted molar refractivity (Wildman–Crippen MR) is 81.3 cm³/mol. The fourth-order valence-corrected chi connectivity index (χ4v) is 2.07. The topological polar surface area (TPSA) is 81.9 Å². The van der Waals surface area contributed by atoms with Crippen LogP contribution in [-0.4, -0.2) is 22.3 Å². The molecule has 108 valence electrons. The molecule has 7 heteroatoms. The van der Waals surface area contributed by atoms with E-state index in [0.29, 0.717) is 5.02 Å². The molecule has 0 atom stereocenters. The fourth-order valence-electron chi connectivity index (χ4n) is 1.56. The van der Waals surface area contributed by atoms with Crippen LogP contribution in [0.4, 0.5) is 0 Å². The maximum Gasteiger partial charge on any atom is 0.271 e. The Morgan fingerprint density at radius 3 is 2.67 bits per heavy atom. The second-order valence-electron chi connectivity index (χ2n) is 4.07. The van der Waals surface area contributed by atoms with E-state index in [4.69, 9.17) is 23.2 Å². The maximum atomic E-state index is 11.8. The first-order valence-corrected chi connectivity index (χ1v) is 6.53. The lowest BCUT2D eigenvalue weighted by Gasteiger charge is -2.03. The highest BCUT2D eigenvalue weighted by molar-refractivity contribution is 6.36. The van der Waals surface area contributed by atoms with Gasteiger partial charge in [0.1, 0.15) is 11.5 Å². The van der Waals surface area contributed by atoms with Gasteiger partial charge in [0.15, 0.2) is 0 Å². The van der Waals surface area contributed by atoms with Crippen molar-refractivity contribution in [1.82, 2.24) is 5.43 Å². The van der Waals surface area contributed by atoms with E-state index in [1.54, 1.807) is 0 Å². The van der Waals surface area contributed by atoms with Crippen molar-refractivity contribution in [1.29, 1.82) is 0 Å². The largest absolute Gasteiger partial charge is 0.508 e. The lowest BCUT2D eigenvalue weighted by molar-refractivity contribution is 0.0954. The molecule has 0 radical (unpaired) electrons. The summed E-state index contributed by atoms with van der Waals surface area (Å²) in [6, 6.07) is 8.66. The fraction of sp³-hybridized carbons (Fsp3) is 0. The Balaban J connectivity index is 2.11. The number of carbonyl (C=O) groups excluding carboxylic acids is 1. The second kappa shape index (κ2) is 6.47. The first-order chi connectivity index (χ1) is 9.97. The van der Waals surface area contributed by atoms with Crippen LogP contribution in [0.25, 0.3) is 0 Å². The summed E-state index contributed by atoms with van der Waals surface area (Å²) in [5, 5.41) is 23.1. The molecule has 0 aliphatic carbocycles. The Labute approximate surface area is 130 Å². The van der Waals surface area contributed by atoms with Gasteiger partial charge in [0.2, 0.25) is 0 Å². The zero-order valence-electron chi connectivity index (χ0n) is 10.5. The highest BCUT2D eigenvalue weighted by atomic mass is 35.5. The van der Waals surface area contributed by atoms with E-state index < -0.39 is 5.91 Å². The molecule has 1 amide bonds. The molecule has 21 heavy (non-hydrogen) atoms. The van der Waals surface area contributed by atoms with Crippen LogP contribution < -0.4 is 5.43 Å². The number of phenols is 2. The van der Waals surface area contributed by atoms with Gasteiger partial charge in [-0.05, 0) is 30.3 Å². The normalized spacial score (nSPS) is 10.8. The average Bonchev–Trinajstić information content (AvgIpc) is 2.43. The number of aromatic hydroxyl groups is 2. The Hall–Kier alpha value is -2.24. The van der Waals surface area contributed by atoms with Crippen LogP contribution in [0.5, 0.6) is 11.5 Å². The summed E-state index contributed by atoms with van der Waals surface area (Å²) in [7, 11) is 0. The predicted octanol–water partition coefficient (Wildman–Crippen LogP) is 3.17. The van der Waals surface area contributed by atoms with E-state index in [2.05, 4.69) is 10.5 Å². The summed E-state index contributed by atoms with van der Waals surface area (Å²) in [6.45, 7) is 0. The zero-order valence-corrected chi connectivity index (χ0v) is 12.1. The van der Waals surface area contributed by atoms with Crippen molar-refractivity contribution in [3.8, 4) is 11.5 Å². The number of hydrogen-bond acceptors (Lipinski definition) is 4. The monoisotopic (exact) mass is 324 g/mol. The van der Waals surface area contributed by atoms with E-state index in [1.807, 2.05) is 0 Å². The molecule has 0 bridgehead atoms. The molecule has 2 rings (SSSR count). The summed E-state index contributed by atoms with van der Waals surface area (Å²) >= 11 is 11.6. The number of halogens is 2. The van der Waals surface area contributed by atoms with Crippen LogP contribution in [0.2, 0.25) is 10.0 Å². The smallest absolute Gasteiger partial charge is 0.271 e. The molecule has 3 N–H and O–H groups in total. The minimum Gasteiger partial charge on any atom is -0.508 e. The van der Waals surface area contributed by atoms with E-state index in [9.17, 15) is 15.0 Å². The van der Waals surface area contributed by atoms with Gasteiger partial charge >= 0.3 is 0 Å². The van der Waals surface area contributed by atoms with Crippen molar-refractivity contribution in [3.05, 3.63) is 57.6 Å². The van der Waals surface area contributed by atoms with Gasteiger partial charge in [-0.3, -0.25) is 4.79 Å². The second-order valence-corrected chi connectivity index (χ2v) is 4.92. The van der Waals surface area contributed by atoms with Crippen molar-refractivity contribution in [2.45, 2.75) is 0 Å². The van der Waals surface area contributed by atoms with Crippen LogP contribution in [0, 0.1) is 0 Å². The van der Waals surface area contributed by atoms with Gasteiger partial charge < -0.3 is 10.2 Å². The summed E-state index contributed by atoms with van der Waals surface area (Å²) in [5.74, 6) is -0.711. The SMILES string of the molecule is O=C(N/N=C/c1cc(Cl)cc(Cl)c1O)c1cccc(O)c1. The van der Waals surface area contributed by atoms with Gasteiger partial charge in [0.25, 0.3) is 5.91 Å². The van der Waals surface area contributed by atoms with E-state index >= 15 is 0 Å². The summed E-state index contributed by atoms with van der Waals surface area (Å²) in [5.41, 5.74) is 2.78. The number of amides is 1. The van der Waals surface area contributed by atoms with Crippen LogP contribution in [0.1, 0.15) is 15.9 Å². The van der Waals surface area contributed by atoms with Crippen LogP contribution >= 0.6 is 23.2 Å². The Bertz CT molecular complexity index is 717. The third-order valence-electron chi connectivity index (χ3n) is 2.54. The summed E-state index contributed by atoms with van der Waals surface area (Å²) < 4.78 is 0. The summed E-state index contributed by atoms with van der Waals surface area (Å²) in [4.78, 5) is 11.8. The molecule has 2 aromatic carbocycles. The van der Waals surface area contributed by atoms with Gasteiger partial charge in [-0.1, -0.05) is 29.3 Å². The number of hydrogen-bond donors (Lipinski definition) is 3. The molecule has 5 nitrogen and oxygen atoms in total. The lowest BCUT2D eigenvalue weighted by Crippen LogP contribution is -2.17. The van der Waals surface area contributed by atoms with Crippen molar-refractivity contribution in [2.75, 3.05) is 0 Å². The van der Waals surface area contributed by atoms with Gasteiger partial charge in [-0.25, -0.2) is 5.43 Å². The molecule has 0 saturated carbocycles. The number of carbonyl (C=O) groups is 1. The minimum absolute atomic E-state index is 0.0223. The molecule has 0 saturated heterocycles. The van der Waals surface area contributed by atoms with Crippen molar-refractivity contribution in [3.63, 3.8) is 0 Å². The number of nitrogens with zero attached hydrogens (tertiary/aromatic N) is 1. The van der Waals surface area contributed by atoms with Gasteiger partial charge in [0.05, 0.1) is 11.2 Å². The highest BCUT2D eigenvalue weighted by Crippen LogP contribution is 2.29. The number of nitrogens with one attached hydrogen (secondary N) is 1. The van der Waals surface area contributed by atoms with Crippen LogP contribution in [0.15, 0.2) is 41.5 Å². The number of benzene rings is 2. The Morgan fingerprint density at radius 2 is 1.95 bits per heavy atom. The van der Waals surface area contributed by atoms with Crippen molar-refractivity contribution < 1.29 is 15.0 Å². The number of phenolic OH excluding ortho intramolecular Hbond substituents is 2. The van der Waals surface area contributed by atoms with Gasteiger partial charge in [-0.2, -0.15) is 5.10 Å². The lowest BCUT2D eigenvalue weighted by atomic mass is 10.2. The van der Waals surface area contributed by atoms with E-state index in [1.165, 1.54) is 42.6 Å². The van der Waals surface area contributed by atoms with Gasteiger partial charge in [-0.15, -0.1) is 0 Å². The maximum absolute atomic E-state index is 11.8. The molecule has 0 aromatic heterocycles. The third-order valence-corrected chi connectivity index (χ3v) is 3.04. The van der Waals surface area contributed by atoms with E-state index in [0.717, 1.165) is 0 Å². The molecule has 0 spiro atoms. The summed E-state index contributed by atoms with van der Waals surface area (Å²) in [6.07, 6.45) is 1.22. The molecule has 2 aromatic rings. The molecule has 0 aliphatic rings. The Kier molecular flexibility index (Phi) is 4.67.